The molecule has 34 heavy (non-hydrogen) atoms. The number of hydrogen-bond donors (Lipinski definition) is 1. The molecule has 1 aliphatic carbocycles. The maximum atomic E-state index is 15.6. The van der Waals surface area contributed by atoms with Crippen LogP contribution in [0.5, 0.6) is 0 Å². The molecule has 2 aromatic carbocycles. The van der Waals surface area contributed by atoms with Crippen LogP contribution >= 0.6 is 0 Å². The van der Waals surface area contributed by atoms with Gasteiger partial charge in [-0.15, -0.1) is 0 Å². The number of benzene rings is 2. The molecule has 6 nitrogen and oxygen atoms in total. The van der Waals surface area contributed by atoms with Gasteiger partial charge in [-0.3, -0.25) is 4.79 Å². The molecule has 0 unspecified atom stereocenters. The second kappa shape index (κ2) is 8.66. The largest absolute Gasteiger partial charge is 0.368 e. The number of nitrogens with one attached hydrogen (secondary N) is 1. The SMILES string of the molecule is CCS(=O)(=O)N[C@@H]1[C@H]2C[C@H]2N(C(=O)[C@H]2CCO2)[C@@H]1Cc1cccc(-c2cc(F)cc(F)c2)c1F. The Morgan fingerprint density at radius 3 is 2.50 bits per heavy atom. The van der Waals surface area contributed by atoms with E-state index in [1.165, 1.54) is 13.0 Å². The Kier molecular flexibility index (Phi) is 5.94. The van der Waals surface area contributed by atoms with Crippen molar-refractivity contribution in [3.05, 3.63) is 59.4 Å². The summed E-state index contributed by atoms with van der Waals surface area (Å²) in [5, 5.41) is 0. The highest BCUT2D eigenvalue weighted by molar-refractivity contribution is 7.89. The summed E-state index contributed by atoms with van der Waals surface area (Å²) in [4.78, 5) is 14.8. The highest BCUT2D eigenvalue weighted by Gasteiger charge is 2.61. The Balaban J connectivity index is 1.49. The predicted molar refractivity (Wildman–Crippen MR) is 119 cm³/mol. The Bertz CT molecular complexity index is 1210. The summed E-state index contributed by atoms with van der Waals surface area (Å²) in [6, 6.07) is 6.12. The molecular weight excluding hydrogens is 469 g/mol. The minimum absolute atomic E-state index is 0.0324. The monoisotopic (exact) mass is 494 g/mol. The van der Waals surface area contributed by atoms with Crippen molar-refractivity contribution in [2.45, 2.75) is 50.4 Å². The van der Waals surface area contributed by atoms with Crippen LogP contribution in [-0.4, -0.2) is 55.8 Å². The van der Waals surface area contributed by atoms with Gasteiger partial charge in [-0.1, -0.05) is 18.2 Å². The van der Waals surface area contributed by atoms with Crippen LogP contribution in [0.3, 0.4) is 0 Å². The highest BCUT2D eigenvalue weighted by Crippen LogP contribution is 2.50. The average Bonchev–Trinajstić information content (AvgIpc) is 3.45. The van der Waals surface area contributed by atoms with Crippen molar-refractivity contribution in [2.24, 2.45) is 5.92 Å². The van der Waals surface area contributed by atoms with E-state index in [1.807, 2.05) is 0 Å². The Morgan fingerprint density at radius 1 is 1.18 bits per heavy atom. The number of sulfonamides is 1. The first-order chi connectivity index (χ1) is 16.2. The van der Waals surface area contributed by atoms with Gasteiger partial charge in [0.2, 0.25) is 10.0 Å². The van der Waals surface area contributed by atoms with Crippen molar-refractivity contribution < 1.29 is 31.1 Å². The molecule has 182 valence electrons. The van der Waals surface area contributed by atoms with Gasteiger partial charge in [0, 0.05) is 30.1 Å². The summed E-state index contributed by atoms with van der Waals surface area (Å²) in [6.07, 6.45) is 0.771. The number of carbonyl (C=O) groups excluding carboxylic acids is 1. The van der Waals surface area contributed by atoms with E-state index >= 15 is 4.39 Å². The minimum Gasteiger partial charge on any atom is -0.368 e. The first-order valence-corrected chi connectivity index (χ1v) is 13.0. The van der Waals surface area contributed by atoms with Gasteiger partial charge in [-0.25, -0.2) is 26.3 Å². The van der Waals surface area contributed by atoms with E-state index in [0.717, 1.165) is 12.1 Å². The minimum atomic E-state index is -3.56. The molecule has 2 heterocycles. The summed E-state index contributed by atoms with van der Waals surface area (Å²) in [7, 11) is -3.56. The number of rotatable bonds is 7. The van der Waals surface area contributed by atoms with Gasteiger partial charge in [0.1, 0.15) is 23.6 Å². The van der Waals surface area contributed by atoms with E-state index in [2.05, 4.69) is 4.72 Å². The predicted octanol–water partition coefficient (Wildman–Crippen LogP) is 3.01. The maximum absolute atomic E-state index is 15.6. The molecule has 0 aromatic heterocycles. The molecule has 2 aromatic rings. The molecule has 2 saturated heterocycles. The zero-order valence-corrected chi connectivity index (χ0v) is 19.3. The molecule has 5 rings (SSSR count). The first kappa shape index (κ1) is 23.3. The van der Waals surface area contributed by atoms with Crippen LogP contribution in [0, 0.1) is 23.4 Å². The third-order valence-electron chi connectivity index (χ3n) is 7.00. The lowest BCUT2D eigenvalue weighted by Gasteiger charge is -2.37. The molecule has 0 spiro atoms. The normalized spacial score (nSPS) is 27.9. The number of hydrogen-bond acceptors (Lipinski definition) is 4. The summed E-state index contributed by atoms with van der Waals surface area (Å²) in [5.74, 6) is -2.64. The van der Waals surface area contributed by atoms with Crippen molar-refractivity contribution in [1.82, 2.24) is 9.62 Å². The van der Waals surface area contributed by atoms with Crippen molar-refractivity contribution in [1.29, 1.82) is 0 Å². The number of amides is 1. The molecule has 1 N–H and O–H groups in total. The molecule has 10 heteroatoms. The van der Waals surface area contributed by atoms with Gasteiger partial charge >= 0.3 is 0 Å². The van der Waals surface area contributed by atoms with Gasteiger partial charge < -0.3 is 9.64 Å². The Morgan fingerprint density at radius 2 is 1.88 bits per heavy atom. The molecule has 1 saturated carbocycles. The van der Waals surface area contributed by atoms with E-state index in [4.69, 9.17) is 4.74 Å². The number of halogens is 3. The fourth-order valence-electron chi connectivity index (χ4n) is 5.11. The molecule has 3 aliphatic rings. The lowest BCUT2D eigenvalue weighted by atomic mass is 9.94. The number of piperidine rings is 1. The first-order valence-electron chi connectivity index (χ1n) is 11.4. The second-order valence-corrected chi connectivity index (χ2v) is 11.2. The van der Waals surface area contributed by atoms with Crippen molar-refractivity contribution in [3.63, 3.8) is 0 Å². The molecule has 0 bridgehead atoms. The van der Waals surface area contributed by atoms with Gasteiger partial charge in [-0.05, 0) is 48.9 Å². The number of ether oxygens (including phenoxy) is 1. The number of likely N-dealkylation sites (tertiary alicyclic amines) is 1. The van der Waals surface area contributed by atoms with Crippen LogP contribution in [0.4, 0.5) is 13.2 Å². The zero-order valence-electron chi connectivity index (χ0n) is 18.5. The fourth-order valence-corrected chi connectivity index (χ4v) is 6.02. The lowest BCUT2D eigenvalue weighted by molar-refractivity contribution is -0.158. The van der Waals surface area contributed by atoms with Gasteiger partial charge in [0.25, 0.3) is 5.91 Å². The quantitative estimate of drug-likeness (QED) is 0.642. The van der Waals surface area contributed by atoms with E-state index in [0.29, 0.717) is 25.5 Å². The Hall–Kier alpha value is -2.43. The molecule has 1 amide bonds. The van der Waals surface area contributed by atoms with Crippen LogP contribution in [0.15, 0.2) is 36.4 Å². The van der Waals surface area contributed by atoms with Crippen LogP contribution < -0.4 is 4.72 Å². The van der Waals surface area contributed by atoms with Crippen LogP contribution in [0.2, 0.25) is 0 Å². The van der Waals surface area contributed by atoms with E-state index in [-0.39, 0.29) is 46.7 Å². The highest BCUT2D eigenvalue weighted by atomic mass is 32.2. The summed E-state index contributed by atoms with van der Waals surface area (Å²) in [6.45, 7) is 2.03. The summed E-state index contributed by atoms with van der Waals surface area (Å²) < 4.78 is 75.9. The average molecular weight is 495 g/mol. The maximum Gasteiger partial charge on any atom is 0.252 e. The smallest absolute Gasteiger partial charge is 0.252 e. The second-order valence-electron chi connectivity index (χ2n) is 9.12. The fraction of sp³-hybridized carbons (Fsp3) is 0.458. The van der Waals surface area contributed by atoms with Crippen molar-refractivity contribution in [3.8, 4) is 11.1 Å². The number of fused-ring (bicyclic) bond motifs is 1. The van der Waals surface area contributed by atoms with Gasteiger partial charge in [0.15, 0.2) is 0 Å². The van der Waals surface area contributed by atoms with Gasteiger partial charge in [0.05, 0.1) is 18.4 Å². The summed E-state index contributed by atoms with van der Waals surface area (Å²) in [5.41, 5.74) is 0.330. The van der Waals surface area contributed by atoms with Crippen LogP contribution in [0.25, 0.3) is 11.1 Å². The van der Waals surface area contributed by atoms with Gasteiger partial charge in [-0.2, -0.15) is 0 Å². The van der Waals surface area contributed by atoms with E-state index < -0.39 is 45.7 Å². The zero-order chi connectivity index (χ0) is 24.2. The molecular formula is C24H25F3N2O4S. The van der Waals surface area contributed by atoms with Crippen molar-refractivity contribution >= 4 is 15.9 Å². The standard InChI is InChI=1S/C24H25F3N2O4S/c1-2-34(31,32)28-23-18-12-19(18)29(24(30)21-6-7-33-21)20(23)10-13-4-3-5-17(22(13)27)14-8-15(25)11-16(26)9-14/h3-5,8-9,11,18-21,23,28H,2,6-7,10,12H2,1H3/t18-,19+,20+,21+,23+/m0/s1. The topological polar surface area (TPSA) is 75.7 Å². The molecule has 2 aliphatic heterocycles. The van der Waals surface area contributed by atoms with Crippen LogP contribution in [0.1, 0.15) is 25.3 Å². The summed E-state index contributed by atoms with van der Waals surface area (Å²) >= 11 is 0. The third kappa shape index (κ3) is 4.23. The molecule has 0 radical (unpaired) electrons. The third-order valence-corrected chi connectivity index (χ3v) is 8.39. The van der Waals surface area contributed by atoms with Crippen molar-refractivity contribution in [2.75, 3.05) is 12.4 Å². The lowest BCUT2D eigenvalue weighted by Crippen LogP contribution is -2.55. The number of carbonyl (C=O) groups is 1. The van der Waals surface area contributed by atoms with E-state index in [1.54, 1.807) is 17.0 Å². The molecule has 5 atom stereocenters. The van der Waals surface area contributed by atoms with E-state index in [9.17, 15) is 22.0 Å². The number of nitrogens with zero attached hydrogens (tertiary/aromatic N) is 1. The Labute approximate surface area is 196 Å². The molecule has 3 fully saturated rings. The van der Waals surface area contributed by atoms with Crippen LogP contribution in [-0.2, 0) is 26.0 Å².